The van der Waals surface area contributed by atoms with E-state index in [1.807, 2.05) is 11.0 Å². The molecule has 1 saturated heterocycles. The molecule has 1 fully saturated rings. The number of hydrogen-bond acceptors (Lipinski definition) is 2. The van der Waals surface area contributed by atoms with Crippen LogP contribution in [0.15, 0.2) is 60.7 Å². The van der Waals surface area contributed by atoms with Gasteiger partial charge in [0.25, 0.3) is 0 Å². The molecule has 3 heteroatoms. The maximum atomic E-state index is 12.0. The quantitative estimate of drug-likeness (QED) is 0.867. The Hall–Kier alpha value is -2.13. The van der Waals surface area contributed by atoms with Crippen LogP contribution < -0.4 is 0 Å². The lowest BCUT2D eigenvalue weighted by molar-refractivity contribution is -0.133. The van der Waals surface area contributed by atoms with Crippen LogP contribution in [0.5, 0.6) is 0 Å². The minimum Gasteiger partial charge on any atom is -0.337 e. The first kappa shape index (κ1) is 15.8. The molecule has 3 nitrogen and oxygen atoms in total. The van der Waals surface area contributed by atoms with Gasteiger partial charge in [-0.25, -0.2) is 0 Å². The van der Waals surface area contributed by atoms with Gasteiger partial charge < -0.3 is 4.90 Å². The summed E-state index contributed by atoms with van der Waals surface area (Å²) in [6.45, 7) is 5.34. The summed E-state index contributed by atoms with van der Waals surface area (Å²) in [6.07, 6.45) is 0.922. The number of piperazine rings is 1. The summed E-state index contributed by atoms with van der Waals surface area (Å²) in [5.41, 5.74) is 2.63. The van der Waals surface area contributed by atoms with E-state index in [2.05, 4.69) is 59.5 Å². The van der Waals surface area contributed by atoms with Gasteiger partial charge in [-0.1, -0.05) is 60.7 Å². The van der Waals surface area contributed by atoms with Crippen LogP contribution in [0.3, 0.4) is 0 Å². The molecule has 0 spiro atoms. The Balaban J connectivity index is 1.69. The molecule has 1 unspecified atom stereocenters. The lowest BCUT2D eigenvalue weighted by atomic mass is 10.0. The second kappa shape index (κ2) is 7.42. The summed E-state index contributed by atoms with van der Waals surface area (Å²) < 4.78 is 0. The number of nitrogens with zero attached hydrogens (tertiary/aromatic N) is 2. The number of amides is 1. The van der Waals surface area contributed by atoms with Gasteiger partial charge in [-0.2, -0.15) is 0 Å². The molecule has 0 radical (unpaired) electrons. The largest absolute Gasteiger partial charge is 0.337 e. The Morgan fingerprint density at radius 1 is 0.957 bits per heavy atom. The smallest absolute Gasteiger partial charge is 0.219 e. The van der Waals surface area contributed by atoms with Crippen LogP contribution in [0.2, 0.25) is 0 Å². The summed E-state index contributed by atoms with van der Waals surface area (Å²) in [5, 5.41) is 0. The molecule has 1 heterocycles. The zero-order valence-electron chi connectivity index (χ0n) is 13.7. The molecular weight excluding hydrogens is 284 g/mol. The second-order valence-electron chi connectivity index (χ2n) is 6.28. The van der Waals surface area contributed by atoms with Gasteiger partial charge in [0.2, 0.25) is 5.91 Å². The average Bonchev–Trinajstić information content (AvgIpc) is 2.57. The number of rotatable bonds is 4. The van der Waals surface area contributed by atoms with Crippen molar-refractivity contribution in [2.45, 2.75) is 25.9 Å². The van der Waals surface area contributed by atoms with Gasteiger partial charge in [0.1, 0.15) is 0 Å². The third-order valence-electron chi connectivity index (χ3n) is 4.53. The van der Waals surface area contributed by atoms with Gasteiger partial charge in [-0.3, -0.25) is 9.69 Å². The standard InChI is InChI=1S/C20H24N2O/c1-17(23)22-13-12-21(15-19-10-6-3-7-11-19)16-20(22)14-18-8-4-2-5-9-18/h2-11,20H,12-16H2,1H3. The summed E-state index contributed by atoms with van der Waals surface area (Å²) >= 11 is 0. The minimum atomic E-state index is 0.185. The van der Waals surface area contributed by atoms with Crippen LogP contribution >= 0.6 is 0 Å². The van der Waals surface area contributed by atoms with E-state index in [4.69, 9.17) is 0 Å². The topological polar surface area (TPSA) is 23.6 Å². The number of carbonyl (C=O) groups excluding carboxylic acids is 1. The van der Waals surface area contributed by atoms with Gasteiger partial charge in [0.05, 0.1) is 0 Å². The van der Waals surface area contributed by atoms with Crippen molar-refractivity contribution in [3.63, 3.8) is 0 Å². The molecule has 3 rings (SSSR count). The Morgan fingerprint density at radius 3 is 2.17 bits per heavy atom. The molecule has 0 N–H and O–H groups in total. The van der Waals surface area contributed by atoms with Crippen LogP contribution in [0.1, 0.15) is 18.1 Å². The van der Waals surface area contributed by atoms with Gasteiger partial charge in [0.15, 0.2) is 0 Å². The highest BCUT2D eigenvalue weighted by Gasteiger charge is 2.28. The van der Waals surface area contributed by atoms with Crippen LogP contribution in [0.4, 0.5) is 0 Å². The Bertz CT molecular complexity index is 627. The van der Waals surface area contributed by atoms with Crippen LogP contribution in [-0.4, -0.2) is 41.4 Å². The summed E-state index contributed by atoms with van der Waals surface area (Å²) in [7, 11) is 0. The van der Waals surface area contributed by atoms with Crippen LogP contribution in [0, 0.1) is 0 Å². The summed E-state index contributed by atoms with van der Waals surface area (Å²) in [6, 6.07) is 21.3. The molecule has 23 heavy (non-hydrogen) atoms. The fourth-order valence-corrected chi connectivity index (χ4v) is 3.38. The van der Waals surface area contributed by atoms with Crippen molar-refractivity contribution in [1.29, 1.82) is 0 Å². The van der Waals surface area contributed by atoms with Crippen molar-refractivity contribution in [2.75, 3.05) is 19.6 Å². The SMILES string of the molecule is CC(=O)N1CCN(Cc2ccccc2)CC1Cc1ccccc1. The van der Waals surface area contributed by atoms with Crippen molar-refractivity contribution >= 4 is 5.91 Å². The molecule has 0 aromatic heterocycles. The number of carbonyl (C=O) groups is 1. The first-order valence-corrected chi connectivity index (χ1v) is 8.30. The maximum absolute atomic E-state index is 12.0. The van der Waals surface area contributed by atoms with E-state index in [0.717, 1.165) is 32.6 Å². The average molecular weight is 308 g/mol. The molecule has 0 saturated carbocycles. The number of hydrogen-bond donors (Lipinski definition) is 0. The van der Waals surface area contributed by atoms with Crippen molar-refractivity contribution in [3.05, 3.63) is 71.8 Å². The van der Waals surface area contributed by atoms with Gasteiger partial charge in [-0.05, 0) is 17.5 Å². The Morgan fingerprint density at radius 2 is 1.57 bits per heavy atom. The highest BCUT2D eigenvalue weighted by Crippen LogP contribution is 2.17. The molecule has 120 valence electrons. The third kappa shape index (κ3) is 4.20. The first-order chi connectivity index (χ1) is 11.2. The summed E-state index contributed by atoms with van der Waals surface area (Å²) in [4.78, 5) is 16.5. The highest BCUT2D eigenvalue weighted by atomic mass is 16.2. The minimum absolute atomic E-state index is 0.185. The first-order valence-electron chi connectivity index (χ1n) is 8.30. The molecule has 0 bridgehead atoms. The monoisotopic (exact) mass is 308 g/mol. The Labute approximate surface area is 138 Å². The highest BCUT2D eigenvalue weighted by molar-refractivity contribution is 5.73. The van der Waals surface area contributed by atoms with Gasteiger partial charge in [0, 0.05) is 39.1 Å². The third-order valence-corrected chi connectivity index (χ3v) is 4.53. The molecule has 1 aliphatic rings. The van der Waals surface area contributed by atoms with E-state index in [1.54, 1.807) is 6.92 Å². The lowest BCUT2D eigenvalue weighted by Crippen LogP contribution is -2.55. The van der Waals surface area contributed by atoms with E-state index in [-0.39, 0.29) is 11.9 Å². The zero-order chi connectivity index (χ0) is 16.1. The predicted octanol–water partition coefficient (Wildman–Crippen LogP) is 2.96. The molecule has 2 aromatic rings. The molecular formula is C20H24N2O. The van der Waals surface area contributed by atoms with Crippen molar-refractivity contribution < 1.29 is 4.79 Å². The van der Waals surface area contributed by atoms with E-state index in [9.17, 15) is 4.79 Å². The van der Waals surface area contributed by atoms with Crippen LogP contribution in [0.25, 0.3) is 0 Å². The van der Waals surface area contributed by atoms with E-state index < -0.39 is 0 Å². The zero-order valence-corrected chi connectivity index (χ0v) is 13.7. The second-order valence-corrected chi connectivity index (χ2v) is 6.28. The normalized spacial score (nSPS) is 18.8. The maximum Gasteiger partial charge on any atom is 0.219 e. The lowest BCUT2D eigenvalue weighted by Gasteiger charge is -2.41. The van der Waals surface area contributed by atoms with E-state index in [1.165, 1.54) is 11.1 Å². The Kier molecular flexibility index (Phi) is 5.09. The van der Waals surface area contributed by atoms with Gasteiger partial charge >= 0.3 is 0 Å². The fraction of sp³-hybridized carbons (Fsp3) is 0.350. The van der Waals surface area contributed by atoms with Crippen molar-refractivity contribution in [3.8, 4) is 0 Å². The van der Waals surface area contributed by atoms with E-state index >= 15 is 0 Å². The van der Waals surface area contributed by atoms with Crippen molar-refractivity contribution in [2.24, 2.45) is 0 Å². The summed E-state index contributed by atoms with van der Waals surface area (Å²) in [5.74, 6) is 0.185. The molecule has 1 amide bonds. The molecule has 1 atom stereocenters. The van der Waals surface area contributed by atoms with E-state index in [0.29, 0.717) is 0 Å². The van der Waals surface area contributed by atoms with Crippen LogP contribution in [-0.2, 0) is 17.8 Å². The molecule has 0 aliphatic carbocycles. The van der Waals surface area contributed by atoms with Gasteiger partial charge in [-0.15, -0.1) is 0 Å². The fourth-order valence-electron chi connectivity index (χ4n) is 3.38. The predicted molar refractivity (Wildman–Crippen MR) is 93.0 cm³/mol. The van der Waals surface area contributed by atoms with Crippen molar-refractivity contribution in [1.82, 2.24) is 9.80 Å². The molecule has 1 aliphatic heterocycles. The number of benzene rings is 2. The molecule has 2 aromatic carbocycles.